The topological polar surface area (TPSA) is 76.5 Å². The monoisotopic (exact) mass is 446 g/mol. The molecule has 1 unspecified atom stereocenters. The molecule has 2 heterocycles. The summed E-state index contributed by atoms with van der Waals surface area (Å²) < 4.78 is 7.57. The summed E-state index contributed by atoms with van der Waals surface area (Å²) in [6, 6.07) is 17.5. The minimum absolute atomic E-state index is 0.0562. The van der Waals surface area contributed by atoms with Gasteiger partial charge in [0.1, 0.15) is 5.75 Å². The van der Waals surface area contributed by atoms with Crippen molar-refractivity contribution in [3.8, 4) is 11.4 Å². The third kappa shape index (κ3) is 6.00. The van der Waals surface area contributed by atoms with E-state index in [0.717, 1.165) is 17.0 Å². The summed E-state index contributed by atoms with van der Waals surface area (Å²) in [4.78, 5) is 31.2. The Balaban J connectivity index is 1.20. The number of benzene rings is 2. The minimum atomic E-state index is -0.0795. The summed E-state index contributed by atoms with van der Waals surface area (Å²) in [6.45, 7) is 3.57. The number of nitrogens with one attached hydrogen (secondary N) is 1. The number of para-hydroxylation sites is 1. The second-order valence-corrected chi connectivity index (χ2v) is 8.36. The zero-order chi connectivity index (χ0) is 23.0. The van der Waals surface area contributed by atoms with Gasteiger partial charge in [-0.25, -0.2) is 4.98 Å². The van der Waals surface area contributed by atoms with Crippen LogP contribution in [-0.2, 0) is 9.59 Å². The maximum atomic E-state index is 12.8. The van der Waals surface area contributed by atoms with E-state index in [0.29, 0.717) is 39.0 Å². The maximum absolute atomic E-state index is 12.8. The van der Waals surface area contributed by atoms with E-state index in [4.69, 9.17) is 4.74 Å². The molecule has 172 valence electrons. The number of carbonyl (C=O) groups excluding carboxylic acids is 2. The molecule has 0 saturated carbocycles. The Morgan fingerprint density at radius 3 is 2.48 bits per heavy atom. The first-order chi connectivity index (χ1) is 16.1. The molecule has 0 bridgehead atoms. The molecule has 1 aliphatic rings. The molecule has 1 N–H and O–H groups in total. The number of nitrogens with zero attached hydrogens (tertiary/aromatic N) is 3. The third-order valence-electron chi connectivity index (χ3n) is 6.10. The number of rotatable bonds is 8. The number of imidazole rings is 1. The Kier molecular flexibility index (Phi) is 7.40. The summed E-state index contributed by atoms with van der Waals surface area (Å²) in [5.74, 6) is 0.838. The number of amides is 2. The summed E-state index contributed by atoms with van der Waals surface area (Å²) >= 11 is 0. The van der Waals surface area contributed by atoms with Crippen molar-refractivity contribution in [1.29, 1.82) is 0 Å². The Labute approximate surface area is 194 Å². The van der Waals surface area contributed by atoms with Gasteiger partial charge in [0.2, 0.25) is 11.8 Å². The van der Waals surface area contributed by atoms with E-state index in [9.17, 15) is 9.59 Å². The first kappa shape index (κ1) is 22.6. The van der Waals surface area contributed by atoms with Crippen molar-refractivity contribution in [2.45, 2.75) is 32.2 Å². The number of hydrogen-bond donors (Lipinski definition) is 1. The summed E-state index contributed by atoms with van der Waals surface area (Å²) in [6.07, 6.45) is 7.11. The van der Waals surface area contributed by atoms with E-state index in [-0.39, 0.29) is 23.8 Å². The number of ether oxygens (including phenoxy) is 1. The van der Waals surface area contributed by atoms with Crippen LogP contribution in [0.3, 0.4) is 0 Å². The molecule has 7 nitrogen and oxygen atoms in total. The van der Waals surface area contributed by atoms with Gasteiger partial charge in [-0.2, -0.15) is 0 Å². The molecule has 2 amide bonds. The van der Waals surface area contributed by atoms with Crippen LogP contribution in [0.1, 0.15) is 37.8 Å². The predicted molar refractivity (Wildman–Crippen MR) is 126 cm³/mol. The quantitative estimate of drug-likeness (QED) is 0.572. The Bertz CT molecular complexity index is 1030. The van der Waals surface area contributed by atoms with E-state index in [1.807, 2.05) is 77.2 Å². The van der Waals surface area contributed by atoms with Crippen LogP contribution in [0.5, 0.6) is 5.75 Å². The lowest BCUT2D eigenvalue weighted by molar-refractivity contribution is -0.136. The van der Waals surface area contributed by atoms with Crippen LogP contribution < -0.4 is 10.1 Å². The Hall–Kier alpha value is -3.61. The van der Waals surface area contributed by atoms with Crippen LogP contribution in [0.25, 0.3) is 5.69 Å². The largest absolute Gasteiger partial charge is 0.493 e. The van der Waals surface area contributed by atoms with Gasteiger partial charge in [-0.15, -0.1) is 0 Å². The van der Waals surface area contributed by atoms with E-state index in [2.05, 4.69) is 10.3 Å². The summed E-state index contributed by atoms with van der Waals surface area (Å²) in [5, 5.41) is 3.14. The number of hydrogen-bond acceptors (Lipinski definition) is 4. The molecule has 1 atom stereocenters. The predicted octanol–water partition coefficient (Wildman–Crippen LogP) is 3.76. The molecular weight excluding hydrogens is 416 g/mol. The van der Waals surface area contributed by atoms with Crippen LogP contribution in [0.2, 0.25) is 0 Å². The molecule has 0 aliphatic carbocycles. The normalized spacial score (nSPS) is 15.1. The van der Waals surface area contributed by atoms with Crippen molar-refractivity contribution < 1.29 is 14.3 Å². The number of aromatic nitrogens is 2. The van der Waals surface area contributed by atoms with Crippen LogP contribution in [0.4, 0.5) is 0 Å². The van der Waals surface area contributed by atoms with Gasteiger partial charge in [0, 0.05) is 37.1 Å². The molecular formula is C26H30N4O3. The average molecular weight is 447 g/mol. The summed E-state index contributed by atoms with van der Waals surface area (Å²) in [5.41, 5.74) is 2.08. The van der Waals surface area contributed by atoms with Gasteiger partial charge in [0.05, 0.1) is 25.4 Å². The SMILES string of the molecule is CC(NC(=O)C1CCN(C(=O)CCOc2ccccc2)CC1)c1ccc(-n2ccnc2)cc1. The highest BCUT2D eigenvalue weighted by atomic mass is 16.5. The zero-order valence-electron chi connectivity index (χ0n) is 18.9. The molecule has 4 rings (SSSR count). The average Bonchev–Trinajstić information content (AvgIpc) is 3.40. The van der Waals surface area contributed by atoms with E-state index in [1.165, 1.54) is 0 Å². The lowest BCUT2D eigenvalue weighted by Gasteiger charge is -2.32. The van der Waals surface area contributed by atoms with Crippen LogP contribution >= 0.6 is 0 Å². The van der Waals surface area contributed by atoms with Crippen molar-refractivity contribution in [2.75, 3.05) is 19.7 Å². The fraction of sp³-hybridized carbons (Fsp3) is 0.346. The van der Waals surface area contributed by atoms with E-state index >= 15 is 0 Å². The highest BCUT2D eigenvalue weighted by Crippen LogP contribution is 2.21. The van der Waals surface area contributed by atoms with Crippen molar-refractivity contribution in [3.63, 3.8) is 0 Å². The van der Waals surface area contributed by atoms with Crippen LogP contribution in [0.15, 0.2) is 73.3 Å². The number of carbonyl (C=O) groups is 2. The molecule has 1 saturated heterocycles. The Morgan fingerprint density at radius 1 is 1.09 bits per heavy atom. The first-order valence-electron chi connectivity index (χ1n) is 11.4. The summed E-state index contributed by atoms with van der Waals surface area (Å²) in [7, 11) is 0. The lowest BCUT2D eigenvalue weighted by Crippen LogP contribution is -2.43. The molecule has 1 aromatic heterocycles. The Morgan fingerprint density at radius 2 is 1.82 bits per heavy atom. The highest BCUT2D eigenvalue weighted by molar-refractivity contribution is 5.80. The standard InChI is InChI=1S/C26H30N4O3/c1-20(21-7-9-23(10-8-21)30-17-14-27-19-30)28-26(32)22-11-15-29(16-12-22)25(31)13-18-33-24-5-3-2-4-6-24/h2-10,14,17,19-20,22H,11-13,15-16,18H2,1H3,(H,28,32). The van der Waals surface area contributed by atoms with E-state index < -0.39 is 0 Å². The third-order valence-corrected chi connectivity index (χ3v) is 6.10. The second kappa shape index (κ2) is 10.8. The van der Waals surface area contributed by atoms with Gasteiger partial charge in [0.15, 0.2) is 0 Å². The van der Waals surface area contributed by atoms with Crippen molar-refractivity contribution in [3.05, 3.63) is 78.9 Å². The van der Waals surface area contributed by atoms with Gasteiger partial charge >= 0.3 is 0 Å². The van der Waals surface area contributed by atoms with Crippen LogP contribution in [-0.4, -0.2) is 46.0 Å². The molecule has 0 spiro atoms. The molecule has 0 radical (unpaired) electrons. The molecule has 2 aromatic carbocycles. The highest BCUT2D eigenvalue weighted by Gasteiger charge is 2.28. The van der Waals surface area contributed by atoms with E-state index in [1.54, 1.807) is 12.5 Å². The van der Waals surface area contributed by atoms with Crippen molar-refractivity contribution in [2.24, 2.45) is 5.92 Å². The molecule has 33 heavy (non-hydrogen) atoms. The van der Waals surface area contributed by atoms with Gasteiger partial charge in [-0.05, 0) is 49.6 Å². The smallest absolute Gasteiger partial charge is 0.225 e. The minimum Gasteiger partial charge on any atom is -0.493 e. The maximum Gasteiger partial charge on any atom is 0.225 e. The second-order valence-electron chi connectivity index (χ2n) is 8.36. The van der Waals surface area contributed by atoms with Gasteiger partial charge in [-0.1, -0.05) is 30.3 Å². The van der Waals surface area contributed by atoms with Gasteiger partial charge < -0.3 is 19.5 Å². The van der Waals surface area contributed by atoms with Crippen molar-refractivity contribution in [1.82, 2.24) is 19.8 Å². The molecule has 1 aliphatic heterocycles. The number of piperidine rings is 1. The molecule has 1 fully saturated rings. The lowest BCUT2D eigenvalue weighted by atomic mass is 9.95. The van der Waals surface area contributed by atoms with Crippen molar-refractivity contribution >= 4 is 11.8 Å². The zero-order valence-corrected chi connectivity index (χ0v) is 18.9. The van der Waals surface area contributed by atoms with Crippen LogP contribution in [0, 0.1) is 5.92 Å². The molecule has 3 aromatic rings. The fourth-order valence-electron chi connectivity index (χ4n) is 4.08. The van der Waals surface area contributed by atoms with Gasteiger partial charge in [-0.3, -0.25) is 9.59 Å². The fourth-order valence-corrected chi connectivity index (χ4v) is 4.08. The van der Waals surface area contributed by atoms with Gasteiger partial charge in [0.25, 0.3) is 0 Å². The molecule has 7 heteroatoms. The number of likely N-dealkylation sites (tertiary alicyclic amines) is 1. The first-order valence-corrected chi connectivity index (χ1v) is 11.4.